The van der Waals surface area contributed by atoms with Gasteiger partial charge in [-0.25, -0.2) is 0 Å². The van der Waals surface area contributed by atoms with Crippen LogP contribution in [0.15, 0.2) is 41.6 Å². The summed E-state index contributed by atoms with van der Waals surface area (Å²) < 4.78 is 0. The second-order valence-electron chi connectivity index (χ2n) is 3.46. The fourth-order valence-electron chi connectivity index (χ4n) is 1.36. The van der Waals surface area contributed by atoms with Gasteiger partial charge in [-0.15, -0.1) is 0 Å². The van der Waals surface area contributed by atoms with E-state index in [0.717, 1.165) is 18.0 Å². The molecule has 0 fully saturated rings. The average Bonchev–Trinajstić information content (AvgIpc) is 2.09. The van der Waals surface area contributed by atoms with Crippen molar-refractivity contribution in [3.05, 3.63) is 36.6 Å². The number of nitrogens with zero attached hydrogens (tertiary/aromatic N) is 1. The van der Waals surface area contributed by atoms with Gasteiger partial charge in [0.1, 0.15) is 0 Å². The Kier molecular flexibility index (Phi) is 4.24. The van der Waals surface area contributed by atoms with Crippen molar-refractivity contribution in [1.29, 1.82) is 0 Å². The molecular weight excluding hydrogens is 158 g/mol. The molecular formula is C12H17N. The van der Waals surface area contributed by atoms with Crippen molar-refractivity contribution in [2.24, 2.45) is 10.9 Å². The largest absolute Gasteiger partial charge is 0.257 e. The molecule has 0 radical (unpaired) electrons. The van der Waals surface area contributed by atoms with E-state index in [4.69, 9.17) is 0 Å². The standard InChI is InChI=1S/C12H17N/c1-3-10-13-12-8-4-6-11(2)7-5-9-12/h3-4,8-11H,1,5-7H2,2H3/b8-4-,12-9?,13-10?. The fraction of sp³-hybridized carbons (Fsp3) is 0.417. The lowest BCUT2D eigenvalue weighted by molar-refractivity contribution is 0.543. The Morgan fingerprint density at radius 1 is 1.62 bits per heavy atom. The molecule has 0 aromatic rings. The third-order valence-corrected chi connectivity index (χ3v) is 2.17. The zero-order chi connectivity index (χ0) is 9.52. The molecule has 1 unspecified atom stereocenters. The van der Waals surface area contributed by atoms with Crippen LogP contribution in [-0.4, -0.2) is 6.21 Å². The molecule has 1 nitrogen and oxygen atoms in total. The molecule has 1 heteroatoms. The van der Waals surface area contributed by atoms with E-state index >= 15 is 0 Å². The lowest BCUT2D eigenvalue weighted by Crippen LogP contribution is -1.93. The van der Waals surface area contributed by atoms with Crippen LogP contribution >= 0.6 is 0 Å². The van der Waals surface area contributed by atoms with Crippen molar-refractivity contribution in [2.45, 2.75) is 26.2 Å². The molecule has 70 valence electrons. The first-order chi connectivity index (χ1) is 6.33. The van der Waals surface area contributed by atoms with E-state index in [9.17, 15) is 0 Å². The summed E-state index contributed by atoms with van der Waals surface area (Å²) >= 11 is 0. The van der Waals surface area contributed by atoms with Crippen LogP contribution in [0.25, 0.3) is 0 Å². The van der Waals surface area contributed by atoms with E-state index in [2.05, 4.69) is 36.7 Å². The minimum absolute atomic E-state index is 0.803. The number of aliphatic imine (C=N–C) groups is 1. The van der Waals surface area contributed by atoms with Crippen molar-refractivity contribution in [3.63, 3.8) is 0 Å². The van der Waals surface area contributed by atoms with Crippen LogP contribution in [0.3, 0.4) is 0 Å². The van der Waals surface area contributed by atoms with Gasteiger partial charge in [0.2, 0.25) is 0 Å². The second-order valence-corrected chi connectivity index (χ2v) is 3.46. The number of hydrogen-bond donors (Lipinski definition) is 0. The van der Waals surface area contributed by atoms with Gasteiger partial charge in [0.25, 0.3) is 0 Å². The van der Waals surface area contributed by atoms with Crippen LogP contribution in [0.5, 0.6) is 0 Å². The Hall–Kier alpha value is -1.11. The molecule has 0 aromatic heterocycles. The summed E-state index contributed by atoms with van der Waals surface area (Å²) in [6.45, 7) is 5.89. The van der Waals surface area contributed by atoms with Crippen LogP contribution in [0.1, 0.15) is 26.2 Å². The normalized spacial score (nSPS) is 26.2. The molecule has 0 N–H and O–H groups in total. The van der Waals surface area contributed by atoms with Gasteiger partial charge in [-0.1, -0.05) is 31.7 Å². The molecule has 0 bridgehead atoms. The quantitative estimate of drug-likeness (QED) is 0.569. The Bertz CT molecular complexity index is 246. The van der Waals surface area contributed by atoms with Crippen molar-refractivity contribution < 1.29 is 0 Å². The second kappa shape index (κ2) is 5.52. The third-order valence-electron chi connectivity index (χ3n) is 2.17. The molecule has 0 amide bonds. The Balaban J connectivity index is 2.59. The first kappa shape index (κ1) is 9.97. The van der Waals surface area contributed by atoms with E-state index in [0.29, 0.717) is 0 Å². The van der Waals surface area contributed by atoms with Gasteiger partial charge in [-0.05, 0) is 31.3 Å². The van der Waals surface area contributed by atoms with E-state index in [1.54, 1.807) is 12.3 Å². The summed E-state index contributed by atoms with van der Waals surface area (Å²) in [5, 5.41) is 0. The Labute approximate surface area is 80.6 Å². The van der Waals surface area contributed by atoms with Crippen LogP contribution in [0.4, 0.5) is 0 Å². The summed E-state index contributed by atoms with van der Waals surface area (Å²) in [7, 11) is 0. The molecule has 1 atom stereocenters. The summed E-state index contributed by atoms with van der Waals surface area (Å²) in [6.07, 6.45) is 13.5. The predicted octanol–water partition coefficient (Wildman–Crippen LogP) is 3.50. The van der Waals surface area contributed by atoms with Gasteiger partial charge in [0.05, 0.1) is 5.70 Å². The maximum Gasteiger partial charge on any atom is 0.0586 e. The van der Waals surface area contributed by atoms with Crippen LogP contribution in [0, 0.1) is 5.92 Å². The SMILES string of the molecule is C=CC=NC1=CCCC(C)C/C=C\1. The monoisotopic (exact) mass is 175 g/mol. The number of rotatable bonds is 2. The summed E-state index contributed by atoms with van der Waals surface area (Å²) in [6, 6.07) is 0. The van der Waals surface area contributed by atoms with Crippen molar-refractivity contribution >= 4 is 6.21 Å². The maximum absolute atomic E-state index is 4.26. The highest BCUT2D eigenvalue weighted by Crippen LogP contribution is 2.16. The van der Waals surface area contributed by atoms with Crippen molar-refractivity contribution in [1.82, 2.24) is 0 Å². The van der Waals surface area contributed by atoms with Gasteiger partial charge in [-0.3, -0.25) is 4.99 Å². The van der Waals surface area contributed by atoms with Crippen LogP contribution in [0.2, 0.25) is 0 Å². The van der Waals surface area contributed by atoms with E-state index in [1.807, 2.05) is 0 Å². The highest BCUT2D eigenvalue weighted by atomic mass is 14.7. The molecule has 0 saturated carbocycles. The highest BCUT2D eigenvalue weighted by molar-refractivity contribution is 5.71. The molecule has 0 aliphatic heterocycles. The minimum Gasteiger partial charge on any atom is -0.257 e. The summed E-state index contributed by atoms with van der Waals surface area (Å²) in [4.78, 5) is 4.26. The minimum atomic E-state index is 0.803. The van der Waals surface area contributed by atoms with Crippen molar-refractivity contribution in [2.75, 3.05) is 0 Å². The Morgan fingerprint density at radius 3 is 3.23 bits per heavy atom. The lowest BCUT2D eigenvalue weighted by atomic mass is 9.99. The predicted molar refractivity (Wildman–Crippen MR) is 58.9 cm³/mol. The molecule has 1 rings (SSSR count). The van der Waals surface area contributed by atoms with Crippen molar-refractivity contribution in [3.8, 4) is 0 Å². The molecule has 13 heavy (non-hydrogen) atoms. The topological polar surface area (TPSA) is 12.4 Å². The lowest BCUT2D eigenvalue weighted by Gasteiger charge is -2.08. The Morgan fingerprint density at radius 2 is 2.46 bits per heavy atom. The smallest absolute Gasteiger partial charge is 0.0586 e. The fourth-order valence-corrected chi connectivity index (χ4v) is 1.36. The number of hydrogen-bond acceptors (Lipinski definition) is 1. The van der Waals surface area contributed by atoms with Gasteiger partial charge >= 0.3 is 0 Å². The highest BCUT2D eigenvalue weighted by Gasteiger charge is 2.01. The molecule has 1 aliphatic rings. The molecule has 1 aliphatic carbocycles. The summed E-state index contributed by atoms with van der Waals surface area (Å²) in [5.41, 5.74) is 1.06. The molecule has 0 aromatic carbocycles. The zero-order valence-electron chi connectivity index (χ0n) is 8.24. The van der Waals surface area contributed by atoms with E-state index in [-0.39, 0.29) is 0 Å². The molecule has 0 heterocycles. The van der Waals surface area contributed by atoms with Gasteiger partial charge in [-0.2, -0.15) is 0 Å². The average molecular weight is 175 g/mol. The number of allylic oxidation sites excluding steroid dienone is 4. The zero-order valence-corrected chi connectivity index (χ0v) is 8.24. The van der Waals surface area contributed by atoms with Gasteiger partial charge in [0.15, 0.2) is 0 Å². The summed E-state index contributed by atoms with van der Waals surface area (Å²) in [5.74, 6) is 0.803. The first-order valence-corrected chi connectivity index (χ1v) is 4.84. The van der Waals surface area contributed by atoms with Gasteiger partial charge < -0.3 is 0 Å². The maximum atomic E-state index is 4.26. The van der Waals surface area contributed by atoms with E-state index in [1.165, 1.54) is 12.8 Å². The van der Waals surface area contributed by atoms with E-state index < -0.39 is 0 Å². The first-order valence-electron chi connectivity index (χ1n) is 4.84. The molecule has 0 spiro atoms. The van der Waals surface area contributed by atoms with Crippen LogP contribution in [-0.2, 0) is 0 Å². The third kappa shape index (κ3) is 3.88. The van der Waals surface area contributed by atoms with Crippen LogP contribution < -0.4 is 0 Å². The van der Waals surface area contributed by atoms with Gasteiger partial charge in [0, 0.05) is 6.21 Å². The molecule has 0 saturated heterocycles.